The van der Waals surface area contributed by atoms with E-state index in [0.717, 1.165) is 30.5 Å². The third-order valence-electron chi connectivity index (χ3n) is 7.82. The second kappa shape index (κ2) is 11.8. The van der Waals surface area contributed by atoms with Gasteiger partial charge in [0.25, 0.3) is 0 Å². The van der Waals surface area contributed by atoms with Crippen molar-refractivity contribution in [3.8, 4) is 0 Å². The zero-order valence-electron chi connectivity index (χ0n) is 21.3. The lowest BCUT2D eigenvalue weighted by Gasteiger charge is -2.44. The van der Waals surface area contributed by atoms with Crippen LogP contribution in [-0.2, 0) is 27.9 Å². The summed E-state index contributed by atoms with van der Waals surface area (Å²) in [6.07, 6.45) is 2.79. The van der Waals surface area contributed by atoms with Crippen LogP contribution < -0.4 is 0 Å². The molecule has 0 radical (unpaired) electrons. The van der Waals surface area contributed by atoms with Gasteiger partial charge in [-0.15, -0.1) is 0 Å². The summed E-state index contributed by atoms with van der Waals surface area (Å²) < 4.78 is 5.76. The van der Waals surface area contributed by atoms with Gasteiger partial charge in [-0.25, -0.2) is 4.79 Å². The summed E-state index contributed by atoms with van der Waals surface area (Å²) in [5.41, 5.74) is 2.76. The molecule has 2 aliphatic rings. The first kappa shape index (κ1) is 26.6. The molecule has 2 unspecified atom stereocenters. The van der Waals surface area contributed by atoms with Gasteiger partial charge in [0.05, 0.1) is 10.0 Å². The Morgan fingerprint density at radius 2 is 1.58 bits per heavy atom. The molecule has 38 heavy (non-hydrogen) atoms. The molecule has 0 spiro atoms. The third-order valence-corrected chi connectivity index (χ3v) is 8.56. The molecule has 5 rings (SSSR count). The molecule has 0 N–H and O–H groups in total. The molecule has 2 saturated heterocycles. The first-order valence-corrected chi connectivity index (χ1v) is 13.9. The Balaban J connectivity index is 1.31. The van der Waals surface area contributed by atoms with E-state index in [9.17, 15) is 9.59 Å². The largest absolute Gasteiger partial charge is 0.448 e. The highest BCUT2D eigenvalue weighted by molar-refractivity contribution is 6.42. The predicted molar refractivity (Wildman–Crippen MR) is 150 cm³/mol. The standard InChI is InChI=1S/C31H32Cl2N2O3/c32-27-12-11-26(19-28(27)33)31(21-35(30(37)38-22-31)20-24-9-5-2-6-10-24)14-16-34-15-13-25(18-29(34)36)17-23-7-3-1-4-8-23/h1-12,19,25H,13-18,20-22H2. The van der Waals surface area contributed by atoms with Crippen LogP contribution in [0.2, 0.25) is 10.0 Å². The van der Waals surface area contributed by atoms with Crippen molar-refractivity contribution in [2.45, 2.75) is 37.6 Å². The van der Waals surface area contributed by atoms with Gasteiger partial charge in [-0.2, -0.15) is 0 Å². The molecule has 0 aliphatic carbocycles. The van der Waals surface area contributed by atoms with Crippen molar-refractivity contribution < 1.29 is 14.3 Å². The quantitative estimate of drug-likeness (QED) is 0.311. The van der Waals surface area contributed by atoms with Crippen molar-refractivity contribution in [1.82, 2.24) is 9.80 Å². The fraction of sp³-hybridized carbons (Fsp3) is 0.355. The maximum Gasteiger partial charge on any atom is 0.410 e. The van der Waals surface area contributed by atoms with Crippen molar-refractivity contribution >= 4 is 35.2 Å². The van der Waals surface area contributed by atoms with Gasteiger partial charge >= 0.3 is 6.09 Å². The Labute approximate surface area is 234 Å². The van der Waals surface area contributed by atoms with E-state index in [0.29, 0.717) is 48.4 Å². The number of piperidine rings is 1. The van der Waals surface area contributed by atoms with Crippen LogP contribution in [0.25, 0.3) is 0 Å². The summed E-state index contributed by atoms with van der Waals surface area (Å²) in [4.78, 5) is 29.6. The lowest BCUT2D eigenvalue weighted by molar-refractivity contribution is -0.135. The number of nitrogens with zero attached hydrogens (tertiary/aromatic N) is 2. The molecule has 2 aliphatic heterocycles. The zero-order valence-corrected chi connectivity index (χ0v) is 22.8. The highest BCUT2D eigenvalue weighted by Gasteiger charge is 2.42. The van der Waals surface area contributed by atoms with Crippen LogP contribution in [-0.4, -0.2) is 48.0 Å². The Morgan fingerprint density at radius 1 is 0.868 bits per heavy atom. The summed E-state index contributed by atoms with van der Waals surface area (Å²) in [6.45, 7) is 2.48. The Hall–Kier alpha value is -3.02. The van der Waals surface area contributed by atoms with Crippen molar-refractivity contribution in [3.05, 3.63) is 106 Å². The van der Waals surface area contributed by atoms with Crippen molar-refractivity contribution in [1.29, 1.82) is 0 Å². The van der Waals surface area contributed by atoms with Crippen LogP contribution in [0.1, 0.15) is 36.0 Å². The van der Waals surface area contributed by atoms with E-state index in [1.165, 1.54) is 5.56 Å². The van der Waals surface area contributed by atoms with E-state index in [1.54, 1.807) is 11.0 Å². The van der Waals surface area contributed by atoms with E-state index < -0.39 is 5.41 Å². The Bertz CT molecular complexity index is 1270. The van der Waals surface area contributed by atoms with Crippen LogP contribution >= 0.6 is 23.2 Å². The molecule has 2 heterocycles. The van der Waals surface area contributed by atoms with Crippen LogP contribution in [0, 0.1) is 5.92 Å². The second-order valence-electron chi connectivity index (χ2n) is 10.5. The minimum atomic E-state index is -0.516. The number of halogens is 2. The van der Waals surface area contributed by atoms with E-state index >= 15 is 0 Å². The average Bonchev–Trinajstić information content (AvgIpc) is 2.93. The summed E-state index contributed by atoms with van der Waals surface area (Å²) in [7, 11) is 0. The third kappa shape index (κ3) is 6.16. The zero-order chi connectivity index (χ0) is 26.5. The van der Waals surface area contributed by atoms with Gasteiger partial charge in [-0.3, -0.25) is 4.79 Å². The summed E-state index contributed by atoms with van der Waals surface area (Å²) in [6, 6.07) is 25.9. The maximum absolute atomic E-state index is 13.2. The fourth-order valence-corrected chi connectivity index (χ4v) is 5.93. The number of likely N-dealkylation sites (tertiary alicyclic amines) is 1. The highest BCUT2D eigenvalue weighted by atomic mass is 35.5. The summed E-state index contributed by atoms with van der Waals surface area (Å²) in [5.74, 6) is 0.553. The number of amides is 2. The number of carbonyl (C=O) groups excluding carboxylic acids is 2. The second-order valence-corrected chi connectivity index (χ2v) is 11.3. The van der Waals surface area contributed by atoms with E-state index in [1.807, 2.05) is 65.6 Å². The fourth-order valence-electron chi connectivity index (χ4n) is 5.64. The molecule has 198 valence electrons. The number of hydrogen-bond donors (Lipinski definition) is 0. The number of hydrogen-bond acceptors (Lipinski definition) is 3. The lowest BCUT2D eigenvalue weighted by Crippen LogP contribution is -2.54. The number of benzene rings is 3. The monoisotopic (exact) mass is 550 g/mol. The molecular formula is C31H32Cl2N2O3. The van der Waals surface area contributed by atoms with E-state index in [-0.39, 0.29) is 18.6 Å². The molecular weight excluding hydrogens is 519 g/mol. The van der Waals surface area contributed by atoms with Gasteiger partial charge in [-0.05, 0) is 54.0 Å². The molecule has 0 bridgehead atoms. The van der Waals surface area contributed by atoms with Crippen molar-refractivity contribution in [2.75, 3.05) is 26.2 Å². The van der Waals surface area contributed by atoms with Gasteiger partial charge in [0, 0.05) is 38.0 Å². The molecule has 0 saturated carbocycles. The molecule has 3 aromatic rings. The number of carbonyl (C=O) groups is 2. The highest BCUT2D eigenvalue weighted by Crippen LogP contribution is 2.37. The Morgan fingerprint density at radius 3 is 2.26 bits per heavy atom. The SMILES string of the molecule is O=C1CC(Cc2ccccc2)CCN1CCC1(c2ccc(Cl)c(Cl)c2)COC(=O)N(Cc2ccccc2)C1. The normalized spacial score (nSPS) is 21.9. The van der Waals surface area contributed by atoms with Crippen LogP contribution in [0.4, 0.5) is 4.79 Å². The molecule has 0 aromatic heterocycles. The van der Waals surface area contributed by atoms with Crippen molar-refractivity contribution in [3.63, 3.8) is 0 Å². The minimum absolute atomic E-state index is 0.190. The minimum Gasteiger partial charge on any atom is -0.448 e. The molecule has 7 heteroatoms. The molecule has 2 fully saturated rings. The first-order valence-electron chi connectivity index (χ1n) is 13.1. The van der Waals surface area contributed by atoms with Crippen molar-refractivity contribution in [2.24, 2.45) is 5.92 Å². The lowest BCUT2D eigenvalue weighted by atomic mass is 9.76. The van der Waals surface area contributed by atoms with E-state index in [4.69, 9.17) is 27.9 Å². The van der Waals surface area contributed by atoms with Gasteiger partial charge in [-0.1, -0.05) is 89.9 Å². The van der Waals surface area contributed by atoms with Gasteiger partial charge in [0.2, 0.25) is 5.91 Å². The maximum atomic E-state index is 13.2. The molecule has 2 amide bonds. The average molecular weight is 552 g/mol. The smallest absolute Gasteiger partial charge is 0.410 e. The first-order chi connectivity index (χ1) is 18.4. The Kier molecular flexibility index (Phi) is 8.25. The molecule has 3 aromatic carbocycles. The number of cyclic esters (lactones) is 1. The summed E-state index contributed by atoms with van der Waals surface area (Å²) >= 11 is 12.7. The topological polar surface area (TPSA) is 49.9 Å². The van der Waals surface area contributed by atoms with Gasteiger partial charge < -0.3 is 14.5 Å². The van der Waals surface area contributed by atoms with Crippen LogP contribution in [0.5, 0.6) is 0 Å². The molecule has 5 nitrogen and oxygen atoms in total. The number of rotatable bonds is 8. The van der Waals surface area contributed by atoms with Gasteiger partial charge in [0.15, 0.2) is 0 Å². The van der Waals surface area contributed by atoms with Crippen LogP contribution in [0.3, 0.4) is 0 Å². The molecule has 2 atom stereocenters. The predicted octanol–water partition coefficient (Wildman–Crippen LogP) is 6.76. The summed E-state index contributed by atoms with van der Waals surface area (Å²) in [5, 5.41) is 0.947. The van der Waals surface area contributed by atoms with E-state index in [2.05, 4.69) is 12.1 Å². The van der Waals surface area contributed by atoms with Crippen LogP contribution in [0.15, 0.2) is 78.9 Å². The van der Waals surface area contributed by atoms with Gasteiger partial charge in [0.1, 0.15) is 6.61 Å². The number of ether oxygens (including phenoxy) is 1.